The molecule has 2 aromatic heterocycles. The Morgan fingerprint density at radius 1 is 1.29 bits per heavy atom. The van der Waals surface area contributed by atoms with Gasteiger partial charge in [0.15, 0.2) is 5.65 Å². The lowest BCUT2D eigenvalue weighted by Crippen LogP contribution is -2.19. The molecule has 0 atom stereocenters. The van der Waals surface area contributed by atoms with Crippen molar-refractivity contribution >= 4 is 47.0 Å². The minimum Gasteiger partial charge on any atom is -0.367 e. The molecule has 1 saturated heterocycles. The summed E-state index contributed by atoms with van der Waals surface area (Å²) >= 11 is 1.64. The molecule has 2 fully saturated rings. The summed E-state index contributed by atoms with van der Waals surface area (Å²) in [5.41, 5.74) is 4.67. The number of fused-ring (bicyclic) bond motifs is 1. The largest absolute Gasteiger partial charge is 0.367 e. The van der Waals surface area contributed by atoms with Crippen molar-refractivity contribution in [1.29, 1.82) is 0 Å². The van der Waals surface area contributed by atoms with Crippen LogP contribution in [0.15, 0.2) is 42.1 Å². The summed E-state index contributed by atoms with van der Waals surface area (Å²) in [5.74, 6) is 0.222. The lowest BCUT2D eigenvalue weighted by Gasteiger charge is -2.16. The molecular weight excluding hydrogens is 412 g/mol. The van der Waals surface area contributed by atoms with Crippen molar-refractivity contribution in [3.05, 3.63) is 47.7 Å². The number of anilines is 2. The number of carbonyl (C=O) groups excluding carboxylic acids is 2. The number of imide groups is 1. The lowest BCUT2D eigenvalue weighted by atomic mass is 10.1. The first-order valence-electron chi connectivity index (χ1n) is 10.1. The molecular formula is C22H22N6O2S. The molecule has 0 spiro atoms. The van der Waals surface area contributed by atoms with E-state index in [1.165, 1.54) is 0 Å². The first-order chi connectivity index (χ1) is 15.0. The van der Waals surface area contributed by atoms with Crippen molar-refractivity contribution in [2.45, 2.75) is 25.3 Å². The minimum absolute atomic E-state index is 0.0755. The monoisotopic (exact) mass is 434 g/mol. The average Bonchev–Trinajstić information content (AvgIpc) is 3.41. The number of carbonyl (C=O) groups is 2. The van der Waals surface area contributed by atoms with E-state index in [0.29, 0.717) is 22.8 Å². The molecule has 0 unspecified atom stereocenters. The maximum Gasteiger partial charge on any atom is 0.254 e. The van der Waals surface area contributed by atoms with E-state index in [9.17, 15) is 9.59 Å². The number of hydrogen-bond donors (Lipinski definition) is 2. The SMILES string of the molecule is CSN(C)c1cccc(-c2cc(NC3CC3)n3ncc(/C=C4\CC(=O)NC4=O)c3n2)c1. The summed E-state index contributed by atoms with van der Waals surface area (Å²) in [6.07, 6.45) is 7.77. The van der Waals surface area contributed by atoms with Crippen LogP contribution in [0.25, 0.3) is 23.0 Å². The molecule has 1 saturated carbocycles. The number of hydrogen-bond acceptors (Lipinski definition) is 7. The predicted molar refractivity (Wildman–Crippen MR) is 123 cm³/mol. The molecule has 3 aromatic rings. The number of rotatable bonds is 6. The molecule has 1 aromatic carbocycles. The lowest BCUT2D eigenvalue weighted by molar-refractivity contribution is -0.124. The highest BCUT2D eigenvalue weighted by Gasteiger charge is 2.26. The van der Waals surface area contributed by atoms with E-state index in [4.69, 9.17) is 4.98 Å². The summed E-state index contributed by atoms with van der Waals surface area (Å²) in [4.78, 5) is 28.5. The van der Waals surface area contributed by atoms with Crippen molar-refractivity contribution in [2.75, 3.05) is 22.9 Å². The Balaban J connectivity index is 1.63. The second kappa shape index (κ2) is 7.73. The second-order valence-corrected chi connectivity index (χ2v) is 8.65. The molecule has 3 heterocycles. The highest BCUT2D eigenvalue weighted by molar-refractivity contribution is 7.99. The molecule has 2 aliphatic rings. The molecule has 0 radical (unpaired) electrons. The molecule has 5 rings (SSSR count). The number of nitrogens with zero attached hydrogens (tertiary/aromatic N) is 4. The number of amides is 2. The Morgan fingerprint density at radius 3 is 2.84 bits per heavy atom. The Bertz CT molecular complexity index is 1230. The zero-order valence-corrected chi connectivity index (χ0v) is 18.1. The fraction of sp³-hybridized carbons (Fsp3) is 0.273. The van der Waals surface area contributed by atoms with Gasteiger partial charge in [-0.1, -0.05) is 24.1 Å². The predicted octanol–water partition coefficient (Wildman–Crippen LogP) is 3.11. The third-order valence-corrected chi connectivity index (χ3v) is 6.19. The first kappa shape index (κ1) is 19.6. The topological polar surface area (TPSA) is 91.6 Å². The van der Waals surface area contributed by atoms with Crippen LogP contribution in [-0.4, -0.2) is 45.8 Å². The molecule has 2 amide bonds. The quantitative estimate of drug-likeness (QED) is 0.350. The van der Waals surface area contributed by atoms with E-state index < -0.39 is 0 Å². The normalized spacial score (nSPS) is 17.4. The Hall–Kier alpha value is -3.33. The third-order valence-electron chi connectivity index (χ3n) is 5.43. The minimum atomic E-state index is -0.357. The van der Waals surface area contributed by atoms with E-state index in [1.54, 1.807) is 28.7 Å². The Morgan fingerprint density at radius 2 is 2.13 bits per heavy atom. The van der Waals surface area contributed by atoms with Gasteiger partial charge in [-0.2, -0.15) is 9.61 Å². The molecule has 158 valence electrons. The van der Waals surface area contributed by atoms with E-state index in [0.717, 1.165) is 35.6 Å². The van der Waals surface area contributed by atoms with Crippen molar-refractivity contribution in [3.8, 4) is 11.3 Å². The fourth-order valence-corrected chi connectivity index (χ4v) is 3.87. The van der Waals surface area contributed by atoms with Gasteiger partial charge in [0.05, 0.1) is 18.3 Å². The van der Waals surface area contributed by atoms with E-state index in [1.807, 2.05) is 31.5 Å². The van der Waals surface area contributed by atoms with Crippen LogP contribution in [0.2, 0.25) is 0 Å². The fourth-order valence-electron chi connectivity index (χ4n) is 3.54. The van der Waals surface area contributed by atoms with Crippen LogP contribution in [0.5, 0.6) is 0 Å². The first-order valence-corrected chi connectivity index (χ1v) is 11.3. The number of benzene rings is 1. The van der Waals surface area contributed by atoms with Gasteiger partial charge in [-0.15, -0.1) is 0 Å². The smallest absolute Gasteiger partial charge is 0.254 e. The third kappa shape index (κ3) is 3.88. The van der Waals surface area contributed by atoms with Crippen LogP contribution in [0.3, 0.4) is 0 Å². The van der Waals surface area contributed by atoms with Crippen LogP contribution in [0.1, 0.15) is 24.8 Å². The van der Waals surface area contributed by atoms with Gasteiger partial charge >= 0.3 is 0 Å². The van der Waals surface area contributed by atoms with Crippen molar-refractivity contribution in [3.63, 3.8) is 0 Å². The zero-order valence-electron chi connectivity index (χ0n) is 17.3. The molecule has 1 aliphatic heterocycles. The van der Waals surface area contributed by atoms with Crippen LogP contribution < -0.4 is 14.9 Å². The summed E-state index contributed by atoms with van der Waals surface area (Å²) < 4.78 is 3.86. The van der Waals surface area contributed by atoms with Gasteiger partial charge in [-0.3, -0.25) is 14.9 Å². The van der Waals surface area contributed by atoms with E-state index in [-0.39, 0.29) is 18.2 Å². The van der Waals surface area contributed by atoms with Crippen molar-refractivity contribution in [1.82, 2.24) is 19.9 Å². The number of aromatic nitrogens is 3. The molecule has 9 heteroatoms. The van der Waals surface area contributed by atoms with Crippen LogP contribution >= 0.6 is 11.9 Å². The number of nitrogens with one attached hydrogen (secondary N) is 2. The van der Waals surface area contributed by atoms with E-state index >= 15 is 0 Å². The standard InChI is InChI=1S/C22H22N6O2S/c1-27(31-2)17-5-3-4-13(9-17)18-11-19(24-16-6-7-16)28-21(25-18)15(12-23-28)8-14-10-20(29)26-22(14)30/h3-5,8-9,11-12,16,24H,6-7,10H2,1-2H3,(H,26,29,30)/b14-8+. The van der Waals surface area contributed by atoms with Crippen LogP contribution in [0.4, 0.5) is 11.5 Å². The summed E-state index contributed by atoms with van der Waals surface area (Å²) in [5, 5.41) is 10.4. The Kier molecular flexibility index (Phi) is 4.90. The maximum atomic E-state index is 12.0. The summed E-state index contributed by atoms with van der Waals surface area (Å²) in [6, 6.07) is 10.7. The van der Waals surface area contributed by atoms with Gasteiger partial charge in [0.25, 0.3) is 5.91 Å². The van der Waals surface area contributed by atoms with Gasteiger partial charge in [0, 0.05) is 47.8 Å². The van der Waals surface area contributed by atoms with Gasteiger partial charge < -0.3 is 9.62 Å². The van der Waals surface area contributed by atoms with Crippen LogP contribution in [-0.2, 0) is 9.59 Å². The zero-order chi connectivity index (χ0) is 21.5. The van der Waals surface area contributed by atoms with Gasteiger partial charge in [-0.25, -0.2) is 4.98 Å². The molecule has 8 nitrogen and oxygen atoms in total. The average molecular weight is 435 g/mol. The van der Waals surface area contributed by atoms with Gasteiger partial charge in [0.1, 0.15) is 5.82 Å². The molecule has 1 aliphatic carbocycles. The summed E-state index contributed by atoms with van der Waals surface area (Å²) in [6.45, 7) is 0. The highest BCUT2D eigenvalue weighted by atomic mass is 32.2. The maximum absolute atomic E-state index is 12.0. The molecule has 2 N–H and O–H groups in total. The van der Waals surface area contributed by atoms with Gasteiger partial charge in [0.2, 0.25) is 5.91 Å². The Labute approximate surface area is 183 Å². The van der Waals surface area contributed by atoms with Crippen LogP contribution in [0, 0.1) is 0 Å². The van der Waals surface area contributed by atoms with E-state index in [2.05, 4.69) is 32.2 Å². The van der Waals surface area contributed by atoms with Gasteiger partial charge in [-0.05, 0) is 31.1 Å². The summed E-state index contributed by atoms with van der Waals surface area (Å²) in [7, 11) is 2.02. The highest BCUT2D eigenvalue weighted by Crippen LogP contribution is 2.31. The molecule has 0 bridgehead atoms. The van der Waals surface area contributed by atoms with Crippen molar-refractivity contribution in [2.24, 2.45) is 0 Å². The van der Waals surface area contributed by atoms with Crippen molar-refractivity contribution < 1.29 is 9.59 Å². The molecule has 31 heavy (non-hydrogen) atoms. The second-order valence-electron chi connectivity index (χ2n) is 7.73.